The molecule has 0 aliphatic carbocycles. The number of amides is 1. The third kappa shape index (κ3) is 3.50. The first-order chi connectivity index (χ1) is 11.6. The first kappa shape index (κ1) is 16.7. The summed E-state index contributed by atoms with van der Waals surface area (Å²) in [5.41, 5.74) is 5.89. The maximum Gasteiger partial charge on any atom is 0.283 e. The second-order valence-electron chi connectivity index (χ2n) is 5.54. The molecule has 3 aromatic rings. The molecule has 5 heteroatoms. The van der Waals surface area contributed by atoms with Crippen LogP contribution in [0, 0.1) is 6.92 Å². The Balaban J connectivity index is 1.74. The zero-order valence-corrected chi connectivity index (χ0v) is 15.0. The molecule has 0 saturated carbocycles. The van der Waals surface area contributed by atoms with Gasteiger partial charge in [-0.25, -0.2) is 5.43 Å². The highest BCUT2D eigenvalue weighted by Gasteiger charge is 2.16. The molecule has 0 unspecified atom stereocenters. The quantitative estimate of drug-likeness (QED) is 0.507. The molecule has 24 heavy (non-hydrogen) atoms. The molecule has 0 spiro atoms. The van der Waals surface area contributed by atoms with Gasteiger partial charge in [-0.05, 0) is 36.1 Å². The number of carbonyl (C=O) groups excluding carboxylic acids is 1. The largest absolute Gasteiger partial charge is 0.283 e. The van der Waals surface area contributed by atoms with Crippen LogP contribution in [0.1, 0.15) is 33.3 Å². The molecule has 1 aromatic heterocycles. The van der Waals surface area contributed by atoms with Gasteiger partial charge in [0.2, 0.25) is 0 Å². The minimum atomic E-state index is -0.291. The van der Waals surface area contributed by atoms with Gasteiger partial charge < -0.3 is 0 Å². The number of hydrogen-bond donors (Lipinski definition) is 1. The highest BCUT2D eigenvalue weighted by molar-refractivity contribution is 7.21. The number of hydrazone groups is 1. The summed E-state index contributed by atoms with van der Waals surface area (Å²) in [6, 6.07) is 14.0. The molecule has 0 fully saturated rings. The van der Waals surface area contributed by atoms with Gasteiger partial charge >= 0.3 is 0 Å². The van der Waals surface area contributed by atoms with E-state index in [-0.39, 0.29) is 5.91 Å². The van der Waals surface area contributed by atoms with Gasteiger partial charge in [0.1, 0.15) is 4.88 Å². The zero-order chi connectivity index (χ0) is 17.1. The van der Waals surface area contributed by atoms with Crippen molar-refractivity contribution in [2.24, 2.45) is 5.10 Å². The van der Waals surface area contributed by atoms with E-state index >= 15 is 0 Å². The number of halogens is 1. The van der Waals surface area contributed by atoms with E-state index < -0.39 is 0 Å². The molecule has 2 aromatic carbocycles. The summed E-state index contributed by atoms with van der Waals surface area (Å²) in [4.78, 5) is 12.8. The molecule has 1 N–H and O–H groups in total. The lowest BCUT2D eigenvalue weighted by atomic mass is 10.1. The lowest BCUT2D eigenvalue weighted by Gasteiger charge is -1.99. The number of nitrogens with zero attached hydrogens (tertiary/aromatic N) is 1. The predicted octanol–water partition coefficient (Wildman–Crippen LogP) is 5.19. The molecule has 0 radical (unpaired) electrons. The Morgan fingerprint density at radius 2 is 2.00 bits per heavy atom. The molecular formula is C19H17ClN2OS. The molecule has 1 heterocycles. The zero-order valence-electron chi connectivity index (χ0n) is 13.5. The number of thiophene rings is 1. The van der Waals surface area contributed by atoms with Crippen molar-refractivity contribution < 1.29 is 4.79 Å². The van der Waals surface area contributed by atoms with Crippen molar-refractivity contribution >= 4 is 45.1 Å². The Kier molecular flexibility index (Phi) is 4.97. The van der Waals surface area contributed by atoms with E-state index in [9.17, 15) is 4.79 Å². The Hall–Kier alpha value is -2.17. The summed E-state index contributed by atoms with van der Waals surface area (Å²) >= 11 is 7.71. The molecule has 0 saturated heterocycles. The van der Waals surface area contributed by atoms with E-state index in [1.165, 1.54) is 16.9 Å². The minimum Gasteiger partial charge on any atom is -0.266 e. The van der Waals surface area contributed by atoms with Crippen LogP contribution < -0.4 is 5.43 Å². The third-order valence-electron chi connectivity index (χ3n) is 3.76. The average Bonchev–Trinajstić information content (AvgIpc) is 2.91. The van der Waals surface area contributed by atoms with E-state index in [4.69, 9.17) is 11.6 Å². The van der Waals surface area contributed by atoms with Crippen molar-refractivity contribution in [1.82, 2.24) is 5.43 Å². The van der Waals surface area contributed by atoms with Crippen molar-refractivity contribution in [2.75, 3.05) is 0 Å². The van der Waals surface area contributed by atoms with E-state index in [0.717, 1.165) is 27.6 Å². The number of fused-ring (bicyclic) bond motifs is 1. The fraction of sp³-hybridized carbons (Fsp3) is 0.158. The molecule has 1 amide bonds. The summed E-state index contributed by atoms with van der Waals surface area (Å²) in [7, 11) is 0. The van der Waals surface area contributed by atoms with Crippen LogP contribution >= 0.6 is 22.9 Å². The lowest BCUT2D eigenvalue weighted by molar-refractivity contribution is 0.0959. The number of rotatable bonds is 4. The van der Waals surface area contributed by atoms with Gasteiger partial charge in [-0.2, -0.15) is 5.10 Å². The normalized spacial score (nSPS) is 11.3. The van der Waals surface area contributed by atoms with Gasteiger partial charge in [-0.3, -0.25) is 4.79 Å². The van der Waals surface area contributed by atoms with Gasteiger partial charge in [0.25, 0.3) is 5.91 Å². The monoisotopic (exact) mass is 356 g/mol. The Labute approximate surface area is 150 Å². The fourth-order valence-corrected chi connectivity index (χ4v) is 3.88. The molecule has 0 atom stereocenters. The Morgan fingerprint density at radius 1 is 1.25 bits per heavy atom. The number of benzene rings is 2. The van der Waals surface area contributed by atoms with E-state index in [2.05, 4.69) is 17.5 Å². The first-order valence-corrected chi connectivity index (χ1v) is 8.89. The van der Waals surface area contributed by atoms with Gasteiger partial charge in [-0.1, -0.05) is 54.9 Å². The van der Waals surface area contributed by atoms with Crippen LogP contribution in [0.3, 0.4) is 0 Å². The number of nitrogens with one attached hydrogen (secondary N) is 1. The first-order valence-electron chi connectivity index (χ1n) is 7.69. The highest BCUT2D eigenvalue weighted by atomic mass is 35.5. The Morgan fingerprint density at radius 3 is 2.71 bits per heavy atom. The van der Waals surface area contributed by atoms with Crippen molar-refractivity contribution in [3.8, 4) is 0 Å². The van der Waals surface area contributed by atoms with Crippen LogP contribution in [0.15, 0.2) is 47.6 Å². The molecule has 0 aliphatic heterocycles. The highest BCUT2D eigenvalue weighted by Crippen LogP contribution is 2.35. The Bertz CT molecular complexity index is 913. The van der Waals surface area contributed by atoms with Crippen LogP contribution in [0.2, 0.25) is 5.02 Å². The van der Waals surface area contributed by atoms with Crippen LogP contribution in [0.4, 0.5) is 0 Å². The van der Waals surface area contributed by atoms with Crippen LogP contribution in [-0.4, -0.2) is 12.1 Å². The molecule has 0 bridgehead atoms. The standard InChI is InChI=1S/C19H17ClN2OS/c1-3-13-5-7-14(8-6-13)11-21-22-19(23)18-17(20)15-9-4-12(2)10-16(15)24-18/h4-11H,3H2,1-2H3,(H,22,23)/b21-11+. The summed E-state index contributed by atoms with van der Waals surface area (Å²) < 4.78 is 1.00. The van der Waals surface area contributed by atoms with Crippen LogP contribution in [0.5, 0.6) is 0 Å². The number of carbonyl (C=O) groups is 1. The second-order valence-corrected chi connectivity index (χ2v) is 6.97. The minimum absolute atomic E-state index is 0.291. The van der Waals surface area contributed by atoms with Crippen molar-refractivity contribution in [2.45, 2.75) is 20.3 Å². The van der Waals surface area contributed by atoms with Crippen molar-refractivity contribution in [1.29, 1.82) is 0 Å². The summed E-state index contributed by atoms with van der Waals surface area (Å²) in [6.45, 7) is 4.13. The van der Waals surface area contributed by atoms with Gasteiger partial charge in [0.15, 0.2) is 0 Å². The van der Waals surface area contributed by atoms with E-state index in [1.54, 1.807) is 6.21 Å². The molecule has 122 valence electrons. The van der Waals surface area contributed by atoms with Crippen molar-refractivity contribution in [3.63, 3.8) is 0 Å². The summed E-state index contributed by atoms with van der Waals surface area (Å²) in [6.07, 6.45) is 2.63. The summed E-state index contributed by atoms with van der Waals surface area (Å²) in [5, 5.41) is 5.41. The third-order valence-corrected chi connectivity index (χ3v) is 5.41. The van der Waals surface area contributed by atoms with Gasteiger partial charge in [-0.15, -0.1) is 11.3 Å². The summed E-state index contributed by atoms with van der Waals surface area (Å²) in [5.74, 6) is -0.291. The van der Waals surface area contributed by atoms with Gasteiger partial charge in [0.05, 0.1) is 11.2 Å². The molecule has 0 aliphatic rings. The fourth-order valence-electron chi connectivity index (χ4n) is 2.37. The predicted molar refractivity (Wildman–Crippen MR) is 102 cm³/mol. The van der Waals surface area contributed by atoms with E-state index in [1.807, 2.05) is 49.4 Å². The van der Waals surface area contributed by atoms with Crippen LogP contribution in [-0.2, 0) is 6.42 Å². The van der Waals surface area contributed by atoms with Gasteiger partial charge in [0, 0.05) is 10.1 Å². The van der Waals surface area contributed by atoms with E-state index in [0.29, 0.717) is 9.90 Å². The maximum absolute atomic E-state index is 12.3. The number of aryl methyl sites for hydroxylation is 2. The second kappa shape index (κ2) is 7.16. The smallest absolute Gasteiger partial charge is 0.266 e. The molecule has 3 rings (SSSR count). The molecular weight excluding hydrogens is 340 g/mol. The lowest BCUT2D eigenvalue weighted by Crippen LogP contribution is -2.16. The average molecular weight is 357 g/mol. The topological polar surface area (TPSA) is 41.5 Å². The number of hydrogen-bond acceptors (Lipinski definition) is 3. The van der Waals surface area contributed by atoms with Crippen molar-refractivity contribution in [3.05, 3.63) is 69.1 Å². The maximum atomic E-state index is 12.3. The molecule has 3 nitrogen and oxygen atoms in total. The van der Waals surface area contributed by atoms with Crippen LogP contribution in [0.25, 0.3) is 10.1 Å². The SMILES string of the molecule is CCc1ccc(/C=N/NC(=O)c2sc3cc(C)ccc3c2Cl)cc1.